The third-order valence-corrected chi connectivity index (χ3v) is 6.82. The van der Waals surface area contributed by atoms with Crippen LogP contribution in [0.1, 0.15) is 61.5 Å². The molecule has 0 spiro atoms. The molecule has 1 aliphatic heterocycles. The molecule has 0 aliphatic carbocycles. The van der Waals surface area contributed by atoms with Gasteiger partial charge in [0.05, 0.1) is 28.2 Å². The normalized spacial score (nSPS) is 18.8. The molecule has 1 aliphatic rings. The maximum atomic E-state index is 13.0. The number of rotatable bonds is 4. The van der Waals surface area contributed by atoms with Gasteiger partial charge in [-0.1, -0.05) is 30.3 Å². The smallest absolute Gasteiger partial charge is 0.261 e. The zero-order chi connectivity index (χ0) is 20.8. The van der Waals surface area contributed by atoms with E-state index in [0.29, 0.717) is 6.54 Å². The highest BCUT2D eigenvalue weighted by atomic mass is 32.1. The Labute approximate surface area is 176 Å². The largest absolute Gasteiger partial charge is 0.348 e. The first-order valence-corrected chi connectivity index (χ1v) is 11.1. The van der Waals surface area contributed by atoms with Gasteiger partial charge in [-0.3, -0.25) is 9.48 Å². The molecule has 0 atom stereocenters. The van der Waals surface area contributed by atoms with Gasteiger partial charge in [-0.25, -0.2) is 0 Å². The van der Waals surface area contributed by atoms with Gasteiger partial charge in [-0.2, -0.15) is 5.10 Å². The molecule has 154 valence electrons. The summed E-state index contributed by atoms with van der Waals surface area (Å²) in [7, 11) is 0. The zero-order valence-electron chi connectivity index (χ0n) is 18.0. The number of aromatic nitrogens is 2. The van der Waals surface area contributed by atoms with Gasteiger partial charge in [-0.05, 0) is 46.2 Å². The number of quaternary nitrogens is 1. The first-order chi connectivity index (χ1) is 13.6. The van der Waals surface area contributed by atoms with Gasteiger partial charge in [-0.15, -0.1) is 11.3 Å². The summed E-state index contributed by atoms with van der Waals surface area (Å²) in [5, 5.41) is 11.5. The monoisotopic (exact) mass is 411 g/mol. The highest BCUT2D eigenvalue weighted by molar-refractivity contribution is 7.20. The highest BCUT2D eigenvalue weighted by Crippen LogP contribution is 2.29. The van der Waals surface area contributed by atoms with Crippen LogP contribution in [0.4, 0.5) is 0 Å². The molecule has 29 heavy (non-hydrogen) atoms. The zero-order valence-corrected chi connectivity index (χ0v) is 18.8. The molecular formula is C23H31N4OS+. The molecule has 0 bridgehead atoms. The van der Waals surface area contributed by atoms with E-state index in [2.05, 4.69) is 50.5 Å². The summed E-state index contributed by atoms with van der Waals surface area (Å²) < 4.78 is 2.02. The lowest BCUT2D eigenvalue weighted by Crippen LogP contribution is -3.06. The summed E-state index contributed by atoms with van der Waals surface area (Å²) >= 11 is 1.54. The number of nitrogens with two attached hydrogens (primary N) is 1. The van der Waals surface area contributed by atoms with Gasteiger partial charge in [0, 0.05) is 24.3 Å². The van der Waals surface area contributed by atoms with Crippen LogP contribution in [0.3, 0.4) is 0 Å². The fourth-order valence-electron chi connectivity index (χ4n) is 4.96. The topological polar surface area (TPSA) is 63.5 Å². The lowest BCUT2D eigenvalue weighted by atomic mass is 9.79. The lowest BCUT2D eigenvalue weighted by molar-refractivity contribution is -0.787. The van der Waals surface area contributed by atoms with E-state index in [1.54, 1.807) is 11.3 Å². The number of thiophene rings is 1. The van der Waals surface area contributed by atoms with Gasteiger partial charge in [0.1, 0.15) is 4.83 Å². The second kappa shape index (κ2) is 7.26. The Morgan fingerprint density at radius 1 is 1.21 bits per heavy atom. The fourth-order valence-corrected chi connectivity index (χ4v) is 6.03. The van der Waals surface area contributed by atoms with E-state index in [1.165, 1.54) is 5.56 Å². The van der Waals surface area contributed by atoms with E-state index in [-0.39, 0.29) is 23.0 Å². The Hall–Kier alpha value is -2.18. The second-order valence-electron chi connectivity index (χ2n) is 9.76. The Bertz CT molecular complexity index is 1020. The van der Waals surface area contributed by atoms with Crippen LogP contribution in [0.2, 0.25) is 0 Å². The molecule has 5 nitrogen and oxygen atoms in total. The number of nitrogens with one attached hydrogen (secondary N) is 1. The second-order valence-corrected chi connectivity index (χ2v) is 10.8. The highest BCUT2D eigenvalue weighted by Gasteiger charge is 2.42. The molecule has 2 aromatic heterocycles. The molecule has 1 amide bonds. The van der Waals surface area contributed by atoms with E-state index < -0.39 is 0 Å². The Kier molecular flexibility index (Phi) is 5.03. The van der Waals surface area contributed by atoms with E-state index >= 15 is 0 Å². The molecular weight excluding hydrogens is 380 g/mol. The van der Waals surface area contributed by atoms with Crippen molar-refractivity contribution in [3.8, 4) is 0 Å². The molecule has 1 aromatic carbocycles. The number of aryl methyl sites for hydroxylation is 1. The van der Waals surface area contributed by atoms with Crippen LogP contribution in [0.5, 0.6) is 0 Å². The molecule has 1 saturated heterocycles. The van der Waals surface area contributed by atoms with Crippen LogP contribution in [0.25, 0.3) is 10.2 Å². The number of amides is 1. The first kappa shape index (κ1) is 20.1. The van der Waals surface area contributed by atoms with Crippen molar-refractivity contribution in [3.63, 3.8) is 0 Å². The molecule has 0 saturated carbocycles. The van der Waals surface area contributed by atoms with Crippen molar-refractivity contribution in [2.75, 3.05) is 0 Å². The maximum absolute atomic E-state index is 13.0. The Morgan fingerprint density at radius 2 is 1.86 bits per heavy atom. The van der Waals surface area contributed by atoms with Gasteiger partial charge < -0.3 is 10.6 Å². The molecule has 3 N–H and O–H groups in total. The number of fused-ring (bicyclic) bond motifs is 1. The average Bonchev–Trinajstić information content (AvgIpc) is 3.15. The number of benzene rings is 1. The Morgan fingerprint density at radius 3 is 2.52 bits per heavy atom. The maximum Gasteiger partial charge on any atom is 0.261 e. The number of piperidine rings is 1. The van der Waals surface area contributed by atoms with Crippen LogP contribution in [0, 0.1) is 6.92 Å². The molecule has 3 aromatic rings. The van der Waals surface area contributed by atoms with Crippen molar-refractivity contribution in [2.45, 2.75) is 71.1 Å². The van der Waals surface area contributed by atoms with Crippen molar-refractivity contribution < 1.29 is 10.1 Å². The number of carbonyl (C=O) groups excluding carboxylic acids is 1. The number of hydrogen-bond donors (Lipinski definition) is 2. The number of nitrogens with zero attached hydrogens (tertiary/aromatic N) is 2. The summed E-state index contributed by atoms with van der Waals surface area (Å²) in [6.07, 6.45) is 1.96. The summed E-state index contributed by atoms with van der Waals surface area (Å²) in [5.74, 6) is 0.0374. The summed E-state index contributed by atoms with van der Waals surface area (Å²) in [6, 6.07) is 12.5. The van der Waals surface area contributed by atoms with Crippen LogP contribution >= 0.6 is 11.3 Å². The van der Waals surface area contributed by atoms with Crippen molar-refractivity contribution in [2.24, 2.45) is 0 Å². The fraction of sp³-hybridized carbons (Fsp3) is 0.478. The van der Waals surface area contributed by atoms with E-state index in [4.69, 9.17) is 5.10 Å². The standard InChI is InChI=1S/C23H30N4OS/c1-15-18-11-19(20(28)24-17-12-22(2,3)26-23(4,5)13-17)29-21(18)27(25-15)14-16-9-7-6-8-10-16/h6-11,17,26H,12-14H2,1-5H3,(H,24,28)/p+1. The summed E-state index contributed by atoms with van der Waals surface area (Å²) in [5.41, 5.74) is 2.44. The van der Waals surface area contributed by atoms with Crippen molar-refractivity contribution in [3.05, 3.63) is 52.5 Å². The minimum absolute atomic E-state index is 0.0374. The predicted octanol–water partition coefficient (Wildman–Crippen LogP) is 3.47. The minimum atomic E-state index is 0.0374. The van der Waals surface area contributed by atoms with Gasteiger partial charge >= 0.3 is 0 Å². The molecule has 3 heterocycles. The average molecular weight is 412 g/mol. The minimum Gasteiger partial charge on any atom is -0.348 e. The number of hydrogen-bond acceptors (Lipinski definition) is 3. The molecule has 6 heteroatoms. The quantitative estimate of drug-likeness (QED) is 0.690. The van der Waals surface area contributed by atoms with Crippen LogP contribution < -0.4 is 10.6 Å². The van der Waals surface area contributed by atoms with Crippen molar-refractivity contribution in [1.29, 1.82) is 0 Å². The third-order valence-electron chi connectivity index (χ3n) is 5.67. The van der Waals surface area contributed by atoms with E-state index in [1.807, 2.05) is 35.9 Å². The van der Waals surface area contributed by atoms with Gasteiger partial charge in [0.15, 0.2) is 0 Å². The SMILES string of the molecule is Cc1nn(Cc2ccccc2)c2sc(C(=O)NC3CC(C)(C)[NH2+]C(C)(C)C3)cc12. The molecule has 4 rings (SSSR count). The number of carbonyl (C=O) groups is 1. The van der Waals surface area contributed by atoms with Crippen LogP contribution in [-0.2, 0) is 6.54 Å². The third kappa shape index (κ3) is 4.38. The van der Waals surface area contributed by atoms with Crippen molar-refractivity contribution >= 4 is 27.5 Å². The molecule has 1 fully saturated rings. The van der Waals surface area contributed by atoms with Gasteiger partial charge in [0.25, 0.3) is 5.91 Å². The molecule has 0 radical (unpaired) electrons. The van der Waals surface area contributed by atoms with E-state index in [9.17, 15) is 4.79 Å². The summed E-state index contributed by atoms with van der Waals surface area (Å²) in [6.45, 7) is 11.8. The predicted molar refractivity (Wildman–Crippen MR) is 118 cm³/mol. The van der Waals surface area contributed by atoms with Crippen LogP contribution in [-0.4, -0.2) is 32.8 Å². The van der Waals surface area contributed by atoms with E-state index in [0.717, 1.165) is 33.6 Å². The lowest BCUT2D eigenvalue weighted by Gasteiger charge is -2.43. The van der Waals surface area contributed by atoms with Crippen LogP contribution in [0.15, 0.2) is 36.4 Å². The first-order valence-electron chi connectivity index (χ1n) is 10.3. The molecule has 0 unspecified atom stereocenters. The van der Waals surface area contributed by atoms with Gasteiger partial charge in [0.2, 0.25) is 0 Å². The Balaban J connectivity index is 1.55. The van der Waals surface area contributed by atoms with Crippen molar-refractivity contribution in [1.82, 2.24) is 15.1 Å². The summed E-state index contributed by atoms with van der Waals surface area (Å²) in [4.78, 5) is 14.9.